The molecule has 2 unspecified atom stereocenters. The Labute approximate surface area is 117 Å². The molecule has 1 N–H and O–H groups in total. The minimum absolute atomic E-state index is 0.0568. The summed E-state index contributed by atoms with van der Waals surface area (Å²) in [6, 6.07) is -0.917. The molecule has 2 amide bonds. The molecule has 0 aromatic heterocycles. The van der Waals surface area contributed by atoms with Gasteiger partial charge in [0.1, 0.15) is 11.4 Å². The summed E-state index contributed by atoms with van der Waals surface area (Å²) in [4.78, 5) is 37.7. The lowest BCUT2D eigenvalue weighted by atomic mass is 9.91. The molecule has 20 heavy (non-hydrogen) atoms. The van der Waals surface area contributed by atoms with E-state index in [4.69, 9.17) is 4.74 Å². The van der Waals surface area contributed by atoms with Gasteiger partial charge in [0.05, 0.1) is 12.1 Å². The number of hydrogen-bond donors (Lipinski definition) is 1. The first-order valence-corrected chi connectivity index (χ1v) is 6.68. The Morgan fingerprint density at radius 2 is 1.70 bits per heavy atom. The summed E-state index contributed by atoms with van der Waals surface area (Å²) in [5.41, 5.74) is -0.591. The summed E-state index contributed by atoms with van der Waals surface area (Å²) in [6.45, 7) is 5.77. The van der Waals surface area contributed by atoms with Gasteiger partial charge in [-0.25, -0.2) is 9.59 Å². The van der Waals surface area contributed by atoms with Crippen LogP contribution in [0, 0.1) is 0 Å². The van der Waals surface area contributed by atoms with Crippen LogP contribution in [0.25, 0.3) is 0 Å². The van der Waals surface area contributed by atoms with Crippen LogP contribution in [0.15, 0.2) is 0 Å². The van der Waals surface area contributed by atoms with Gasteiger partial charge in [0.25, 0.3) is 0 Å². The van der Waals surface area contributed by atoms with E-state index in [-0.39, 0.29) is 31.7 Å². The summed E-state index contributed by atoms with van der Waals surface area (Å²) >= 11 is 0. The Morgan fingerprint density at radius 1 is 1.20 bits per heavy atom. The number of nitrogens with zero attached hydrogens (tertiary/aromatic N) is 2. The second-order valence-corrected chi connectivity index (χ2v) is 6.33. The molecule has 0 aromatic rings. The molecular weight excluding hydrogens is 264 g/mol. The fraction of sp³-hybridized carbons (Fsp3) is 0.769. The largest absolute Gasteiger partial charge is 0.465 e. The normalized spacial score (nSPS) is 26.4. The topological polar surface area (TPSA) is 87.2 Å². The molecule has 112 valence electrons. The first kappa shape index (κ1) is 14.6. The van der Waals surface area contributed by atoms with Crippen LogP contribution < -0.4 is 0 Å². The number of carbonyl (C=O) groups is 3. The van der Waals surface area contributed by atoms with Crippen molar-refractivity contribution in [2.75, 3.05) is 13.1 Å². The van der Waals surface area contributed by atoms with Gasteiger partial charge in [-0.05, 0) is 20.8 Å². The Morgan fingerprint density at radius 3 is 2.10 bits per heavy atom. The maximum Gasteiger partial charge on any atom is 0.410 e. The molecule has 2 bridgehead atoms. The predicted molar refractivity (Wildman–Crippen MR) is 69.5 cm³/mol. The summed E-state index contributed by atoms with van der Waals surface area (Å²) in [6.07, 6.45) is -1.15. The van der Waals surface area contributed by atoms with Crippen molar-refractivity contribution in [3.8, 4) is 0 Å². The summed E-state index contributed by atoms with van der Waals surface area (Å²) in [5, 5.41) is 9.22. The van der Waals surface area contributed by atoms with E-state index in [1.165, 1.54) is 9.80 Å². The van der Waals surface area contributed by atoms with Crippen LogP contribution in [-0.2, 0) is 9.53 Å². The van der Waals surface area contributed by atoms with Gasteiger partial charge in [-0.2, -0.15) is 0 Å². The Bertz CT molecular complexity index is 425. The second-order valence-electron chi connectivity index (χ2n) is 6.33. The van der Waals surface area contributed by atoms with Gasteiger partial charge in [0.2, 0.25) is 0 Å². The van der Waals surface area contributed by atoms with Crippen molar-refractivity contribution in [2.24, 2.45) is 0 Å². The van der Waals surface area contributed by atoms with Crippen molar-refractivity contribution in [1.82, 2.24) is 9.80 Å². The maximum absolute atomic E-state index is 12.1. The number of fused-ring (bicyclic) bond motifs is 2. The van der Waals surface area contributed by atoms with E-state index in [2.05, 4.69) is 0 Å². The third-order valence-corrected chi connectivity index (χ3v) is 3.45. The van der Waals surface area contributed by atoms with Crippen molar-refractivity contribution in [1.29, 1.82) is 0 Å². The number of ether oxygens (including phenoxy) is 1. The summed E-state index contributed by atoms with van der Waals surface area (Å²) in [5.74, 6) is 0.0568. The lowest BCUT2D eigenvalue weighted by molar-refractivity contribution is -0.127. The van der Waals surface area contributed by atoms with Crippen molar-refractivity contribution in [3.05, 3.63) is 0 Å². The number of rotatable bonds is 0. The minimum Gasteiger partial charge on any atom is -0.465 e. The first-order valence-electron chi connectivity index (χ1n) is 6.68. The molecule has 0 radical (unpaired) electrons. The van der Waals surface area contributed by atoms with Gasteiger partial charge in [-0.3, -0.25) is 9.69 Å². The van der Waals surface area contributed by atoms with Gasteiger partial charge in [0, 0.05) is 25.9 Å². The van der Waals surface area contributed by atoms with Crippen molar-refractivity contribution < 1.29 is 24.2 Å². The van der Waals surface area contributed by atoms with Crippen molar-refractivity contribution in [3.63, 3.8) is 0 Å². The first-order chi connectivity index (χ1) is 9.17. The molecule has 2 fully saturated rings. The van der Waals surface area contributed by atoms with E-state index in [0.29, 0.717) is 0 Å². The average Bonchev–Trinajstić information content (AvgIpc) is 2.23. The van der Waals surface area contributed by atoms with E-state index in [1.807, 2.05) is 0 Å². The fourth-order valence-corrected chi connectivity index (χ4v) is 2.78. The van der Waals surface area contributed by atoms with Crippen molar-refractivity contribution in [2.45, 2.75) is 51.3 Å². The average molecular weight is 284 g/mol. The Balaban J connectivity index is 2.10. The van der Waals surface area contributed by atoms with Crippen LogP contribution >= 0.6 is 0 Å². The van der Waals surface area contributed by atoms with Crippen LogP contribution in [0.5, 0.6) is 0 Å². The van der Waals surface area contributed by atoms with E-state index in [0.717, 1.165) is 0 Å². The molecule has 0 spiro atoms. The van der Waals surface area contributed by atoms with Crippen molar-refractivity contribution >= 4 is 18.0 Å². The van der Waals surface area contributed by atoms with E-state index >= 15 is 0 Å². The summed E-state index contributed by atoms with van der Waals surface area (Å²) < 4.78 is 5.30. The highest BCUT2D eigenvalue weighted by molar-refractivity contribution is 5.83. The number of carboxylic acid groups (broad SMARTS) is 1. The molecule has 2 saturated heterocycles. The van der Waals surface area contributed by atoms with Crippen LogP contribution in [0.3, 0.4) is 0 Å². The van der Waals surface area contributed by atoms with Crippen LogP contribution in [0.1, 0.15) is 33.6 Å². The Hall–Kier alpha value is -1.79. The van der Waals surface area contributed by atoms with E-state index in [1.54, 1.807) is 20.8 Å². The van der Waals surface area contributed by atoms with Gasteiger partial charge in [-0.1, -0.05) is 0 Å². The van der Waals surface area contributed by atoms with Crippen LogP contribution in [0.4, 0.5) is 9.59 Å². The number of piperidine rings is 1. The zero-order valence-corrected chi connectivity index (χ0v) is 12.0. The molecular formula is C13H20N2O5. The quantitative estimate of drug-likeness (QED) is 0.725. The monoisotopic (exact) mass is 284 g/mol. The molecule has 2 aliphatic heterocycles. The fourth-order valence-electron chi connectivity index (χ4n) is 2.78. The molecule has 2 atom stereocenters. The molecule has 2 heterocycles. The SMILES string of the molecule is CC(C)(C)OC(=O)N1CC2CC(=O)CC(C1)N2C(=O)O. The smallest absolute Gasteiger partial charge is 0.410 e. The lowest BCUT2D eigenvalue weighted by Crippen LogP contribution is -2.65. The third kappa shape index (κ3) is 3.02. The van der Waals surface area contributed by atoms with Crippen LogP contribution in [-0.4, -0.2) is 63.7 Å². The maximum atomic E-state index is 12.1. The highest BCUT2D eigenvalue weighted by Gasteiger charge is 2.45. The summed E-state index contributed by atoms with van der Waals surface area (Å²) in [7, 11) is 0. The third-order valence-electron chi connectivity index (χ3n) is 3.45. The molecule has 2 rings (SSSR count). The van der Waals surface area contributed by atoms with Gasteiger partial charge in [-0.15, -0.1) is 0 Å². The minimum atomic E-state index is -1.03. The molecule has 2 aliphatic rings. The highest BCUT2D eigenvalue weighted by atomic mass is 16.6. The molecule has 0 aliphatic carbocycles. The zero-order valence-electron chi connectivity index (χ0n) is 12.0. The molecule has 7 heteroatoms. The van der Waals surface area contributed by atoms with Gasteiger partial charge in [0.15, 0.2) is 0 Å². The standard InChI is InChI=1S/C13H20N2O5/c1-13(2,3)20-12(19)14-6-8-4-10(16)5-9(7-14)15(8)11(17)18/h8-9H,4-7H2,1-3H3,(H,17,18). The zero-order chi connectivity index (χ0) is 15.1. The van der Waals surface area contributed by atoms with Crippen LogP contribution in [0.2, 0.25) is 0 Å². The number of carbonyl (C=O) groups excluding carboxylic acids is 2. The number of likely N-dealkylation sites (tertiary alicyclic amines) is 1. The Kier molecular flexibility index (Phi) is 3.62. The number of Topliss-reactive ketones (excluding diaryl/α,β-unsaturated/α-hetero) is 1. The lowest BCUT2D eigenvalue weighted by Gasteiger charge is -2.47. The molecule has 0 saturated carbocycles. The van der Waals surface area contributed by atoms with Gasteiger partial charge < -0.3 is 14.7 Å². The second kappa shape index (κ2) is 4.96. The molecule has 0 aromatic carbocycles. The van der Waals surface area contributed by atoms with Gasteiger partial charge >= 0.3 is 12.2 Å². The van der Waals surface area contributed by atoms with E-state index < -0.39 is 29.9 Å². The number of hydrogen-bond acceptors (Lipinski definition) is 4. The molecule has 7 nitrogen and oxygen atoms in total. The highest BCUT2D eigenvalue weighted by Crippen LogP contribution is 2.27. The number of piperazine rings is 1. The van der Waals surface area contributed by atoms with E-state index in [9.17, 15) is 19.5 Å². The number of ketones is 1. The predicted octanol–water partition coefficient (Wildman–Crippen LogP) is 1.32. The number of amides is 2.